The number of benzene rings is 1. The third kappa shape index (κ3) is 7.31. The molecule has 8 nitrogen and oxygen atoms in total. The van der Waals surface area contributed by atoms with Gasteiger partial charge in [0.25, 0.3) is 0 Å². The summed E-state index contributed by atoms with van der Waals surface area (Å²) >= 11 is 0. The largest absolute Gasteiger partial charge is 0.326 e. The first kappa shape index (κ1) is 28.8. The second-order valence-corrected chi connectivity index (χ2v) is 11.3. The van der Waals surface area contributed by atoms with Crippen LogP contribution < -0.4 is 9.03 Å². The second-order valence-electron chi connectivity index (χ2n) is 9.70. The van der Waals surface area contributed by atoms with Crippen LogP contribution in [0.15, 0.2) is 30.6 Å². The molecular formula is C24H37N5NaO3S. The van der Waals surface area contributed by atoms with Gasteiger partial charge in [0, 0.05) is 48.8 Å². The van der Waals surface area contributed by atoms with E-state index in [0.29, 0.717) is 17.5 Å². The van der Waals surface area contributed by atoms with Crippen molar-refractivity contribution < 1.29 is 13.2 Å². The number of aromatic nitrogens is 2. The van der Waals surface area contributed by atoms with Crippen LogP contribution in [0.5, 0.6) is 0 Å². The molecule has 0 spiro atoms. The van der Waals surface area contributed by atoms with Crippen LogP contribution in [0.2, 0.25) is 0 Å². The number of amides is 1. The van der Waals surface area contributed by atoms with Gasteiger partial charge in [-0.25, -0.2) is 9.03 Å². The van der Waals surface area contributed by atoms with E-state index in [1.165, 1.54) is 10.5 Å². The van der Waals surface area contributed by atoms with Gasteiger partial charge in [0.2, 0.25) is 5.91 Å². The van der Waals surface area contributed by atoms with Crippen molar-refractivity contribution in [3.05, 3.63) is 47.3 Å². The van der Waals surface area contributed by atoms with Gasteiger partial charge >= 0.3 is 10.2 Å². The van der Waals surface area contributed by atoms with Gasteiger partial charge in [-0.15, -0.1) is 0 Å². The van der Waals surface area contributed by atoms with Crippen molar-refractivity contribution in [1.29, 1.82) is 0 Å². The van der Waals surface area contributed by atoms with Crippen LogP contribution in [0.4, 0.5) is 5.69 Å². The molecule has 0 bridgehead atoms. The first-order valence-corrected chi connectivity index (χ1v) is 13.1. The molecular weight excluding hydrogens is 461 g/mol. The molecule has 1 N–H and O–H groups in total. The van der Waals surface area contributed by atoms with Gasteiger partial charge in [-0.3, -0.25) is 9.48 Å². The summed E-state index contributed by atoms with van der Waals surface area (Å²) in [6, 6.07) is 6.24. The number of aryl methyl sites for hydroxylation is 1. The van der Waals surface area contributed by atoms with Crippen molar-refractivity contribution in [1.82, 2.24) is 19.4 Å². The van der Waals surface area contributed by atoms with Crippen molar-refractivity contribution in [3.63, 3.8) is 0 Å². The van der Waals surface area contributed by atoms with Crippen molar-refractivity contribution in [3.8, 4) is 0 Å². The Morgan fingerprint density at radius 3 is 2.24 bits per heavy atom. The molecule has 0 unspecified atom stereocenters. The number of nitrogens with zero attached hydrogens (tertiary/aromatic N) is 4. The van der Waals surface area contributed by atoms with Crippen molar-refractivity contribution >= 4 is 51.4 Å². The van der Waals surface area contributed by atoms with Crippen molar-refractivity contribution in [2.24, 2.45) is 7.05 Å². The monoisotopic (exact) mass is 498 g/mol. The summed E-state index contributed by atoms with van der Waals surface area (Å²) in [6.45, 7) is 9.64. The topological polar surface area (TPSA) is 87.5 Å². The molecule has 0 saturated carbocycles. The zero-order valence-corrected chi connectivity index (χ0v) is 24.4. The molecule has 1 radical (unpaired) electrons. The van der Waals surface area contributed by atoms with E-state index in [4.69, 9.17) is 0 Å². The third-order valence-corrected chi connectivity index (χ3v) is 7.72. The fourth-order valence-electron chi connectivity index (χ4n) is 4.22. The SMILES string of the molecule is CC(C)c1cc(CC(=O)NS(=O)(=O)N(C[C@@H]2CCCN2C)c2cnn(C)c2)cc(C(C)C)c1.[Na]. The van der Waals surface area contributed by atoms with Crippen LogP contribution in [0.3, 0.4) is 0 Å². The molecule has 183 valence electrons. The first-order valence-electron chi connectivity index (χ1n) is 11.6. The Kier molecular flexibility index (Phi) is 10.2. The Bertz CT molecular complexity index is 1060. The zero-order valence-electron chi connectivity index (χ0n) is 21.6. The minimum atomic E-state index is -4.09. The second kappa shape index (κ2) is 12.0. The number of carbonyl (C=O) groups is 1. The normalized spacial score (nSPS) is 16.6. The van der Waals surface area contributed by atoms with Gasteiger partial charge in [0.1, 0.15) is 0 Å². The minimum absolute atomic E-state index is 0. The van der Waals surface area contributed by atoms with Gasteiger partial charge in [0.15, 0.2) is 0 Å². The maximum Gasteiger partial charge on any atom is 0.326 e. The molecule has 2 heterocycles. The first-order chi connectivity index (χ1) is 15.5. The van der Waals surface area contributed by atoms with E-state index in [9.17, 15) is 13.2 Å². The van der Waals surface area contributed by atoms with E-state index < -0.39 is 16.1 Å². The summed E-state index contributed by atoms with van der Waals surface area (Å²) in [6.07, 6.45) is 5.11. The van der Waals surface area contributed by atoms with Crippen LogP contribution >= 0.6 is 0 Å². The van der Waals surface area contributed by atoms with Gasteiger partial charge in [-0.05, 0) is 55.0 Å². The van der Waals surface area contributed by atoms with Crippen LogP contribution in [0, 0.1) is 0 Å². The fourth-order valence-corrected chi connectivity index (χ4v) is 5.43. The average molecular weight is 499 g/mol. The van der Waals surface area contributed by atoms with Crippen molar-refractivity contribution in [2.75, 3.05) is 24.4 Å². The quantitative estimate of drug-likeness (QED) is 0.537. The van der Waals surface area contributed by atoms with E-state index in [2.05, 4.69) is 48.5 Å². The van der Waals surface area contributed by atoms with E-state index in [1.54, 1.807) is 17.9 Å². The molecule has 10 heteroatoms. The summed E-state index contributed by atoms with van der Waals surface area (Å²) in [5.41, 5.74) is 3.56. The summed E-state index contributed by atoms with van der Waals surface area (Å²) in [7, 11) is -0.354. The number of carbonyl (C=O) groups excluding carboxylic acids is 1. The summed E-state index contributed by atoms with van der Waals surface area (Å²) in [4.78, 5) is 15.0. The smallest absolute Gasteiger partial charge is 0.302 e. The zero-order chi connectivity index (χ0) is 24.3. The molecule has 1 amide bonds. The third-order valence-electron chi connectivity index (χ3n) is 6.30. The van der Waals surface area contributed by atoms with E-state index in [-0.39, 0.29) is 48.6 Å². The predicted octanol–water partition coefficient (Wildman–Crippen LogP) is 2.79. The standard InChI is InChI=1S/C24H37N5O3S.Na/c1-17(2)20-10-19(11-21(13-20)18(3)4)12-24(30)26-33(31,32)29(23-14-25-28(6)15-23)16-22-8-7-9-27(22)5;/h10-11,13-15,17-18,22H,7-9,12,16H2,1-6H3,(H,26,30);/t22-;/m0./s1. The molecule has 34 heavy (non-hydrogen) atoms. The number of rotatable bonds is 9. The fraction of sp³-hybridized carbons (Fsp3) is 0.583. The minimum Gasteiger partial charge on any atom is -0.302 e. The molecule has 3 rings (SSSR count). The van der Waals surface area contributed by atoms with Crippen molar-refractivity contribution in [2.45, 2.75) is 64.8 Å². The molecule has 1 saturated heterocycles. The van der Waals surface area contributed by atoms with E-state index in [1.807, 2.05) is 19.2 Å². The predicted molar refractivity (Wildman–Crippen MR) is 137 cm³/mol. The average Bonchev–Trinajstić information content (AvgIpc) is 3.32. The Morgan fingerprint density at radius 2 is 1.76 bits per heavy atom. The van der Waals surface area contributed by atoms with Gasteiger partial charge in [0.05, 0.1) is 24.8 Å². The Labute approximate surface area is 226 Å². The molecule has 1 fully saturated rings. The Balaban J connectivity index is 0.00000408. The maximum absolute atomic E-state index is 13.3. The van der Waals surface area contributed by atoms with Gasteiger partial charge in [-0.2, -0.15) is 13.5 Å². The summed E-state index contributed by atoms with van der Waals surface area (Å²) in [5, 5.41) is 4.13. The number of hydrogen-bond donors (Lipinski definition) is 1. The molecule has 0 aliphatic carbocycles. The van der Waals surface area contributed by atoms with E-state index in [0.717, 1.165) is 36.1 Å². The van der Waals surface area contributed by atoms with Crippen LogP contribution in [-0.2, 0) is 28.5 Å². The summed E-state index contributed by atoms with van der Waals surface area (Å²) in [5.74, 6) is 0.0942. The molecule has 1 aliphatic heterocycles. The molecule has 1 aliphatic rings. The van der Waals surface area contributed by atoms with Crippen LogP contribution in [0.1, 0.15) is 69.1 Å². The molecule has 1 aromatic heterocycles. The maximum atomic E-state index is 13.3. The number of hydrogen-bond acceptors (Lipinski definition) is 5. The summed E-state index contributed by atoms with van der Waals surface area (Å²) < 4.78 is 31.8. The number of likely N-dealkylation sites (N-methyl/N-ethyl adjacent to an activating group) is 1. The Morgan fingerprint density at radius 1 is 1.15 bits per heavy atom. The van der Waals surface area contributed by atoms with Gasteiger partial charge < -0.3 is 4.90 Å². The molecule has 1 atom stereocenters. The van der Waals surface area contributed by atoms with Crippen LogP contribution in [-0.4, -0.2) is 84.7 Å². The number of nitrogens with one attached hydrogen (secondary N) is 1. The van der Waals surface area contributed by atoms with Gasteiger partial charge in [-0.1, -0.05) is 45.9 Å². The number of anilines is 1. The van der Waals surface area contributed by atoms with E-state index >= 15 is 0 Å². The molecule has 1 aromatic carbocycles. The number of likely N-dealkylation sites (tertiary alicyclic amines) is 1. The Hall–Kier alpha value is -1.39. The van der Waals surface area contributed by atoms with Crippen LogP contribution in [0.25, 0.3) is 0 Å². The molecule has 2 aromatic rings.